The largest absolute Gasteiger partial charge is 0.466 e. The molecule has 0 aliphatic carbocycles. The van der Waals surface area contributed by atoms with Crippen LogP contribution in [0.2, 0.25) is 0 Å². The van der Waals surface area contributed by atoms with Gasteiger partial charge in [0.15, 0.2) is 0 Å². The number of hydrogen-bond acceptors (Lipinski definition) is 4. The Labute approximate surface area is 91.3 Å². The van der Waals surface area contributed by atoms with Gasteiger partial charge < -0.3 is 14.8 Å². The van der Waals surface area contributed by atoms with Gasteiger partial charge >= 0.3 is 5.97 Å². The summed E-state index contributed by atoms with van der Waals surface area (Å²) in [6.07, 6.45) is 1.49. The summed E-state index contributed by atoms with van der Waals surface area (Å²) >= 11 is 0. The van der Waals surface area contributed by atoms with Crippen LogP contribution in [-0.4, -0.2) is 38.4 Å². The van der Waals surface area contributed by atoms with Crippen molar-refractivity contribution in [3.8, 4) is 0 Å². The van der Waals surface area contributed by atoms with Crippen molar-refractivity contribution in [2.24, 2.45) is 5.92 Å². The highest BCUT2D eigenvalue weighted by atomic mass is 16.5. The average Bonchev–Trinajstić information content (AvgIpc) is 2.70. The number of esters is 1. The lowest BCUT2D eigenvalue weighted by Crippen LogP contribution is -2.38. The molecule has 2 atom stereocenters. The molecular formula is C11H21NO3. The van der Waals surface area contributed by atoms with Gasteiger partial charge in [-0.05, 0) is 19.9 Å². The van der Waals surface area contributed by atoms with Gasteiger partial charge in [-0.15, -0.1) is 0 Å². The van der Waals surface area contributed by atoms with Crippen molar-refractivity contribution in [3.63, 3.8) is 0 Å². The third-order valence-electron chi connectivity index (χ3n) is 2.69. The van der Waals surface area contributed by atoms with E-state index in [9.17, 15) is 4.79 Å². The maximum atomic E-state index is 11.4. The van der Waals surface area contributed by atoms with Gasteiger partial charge in [0.1, 0.15) is 0 Å². The lowest BCUT2D eigenvalue weighted by molar-refractivity contribution is -0.144. The maximum Gasteiger partial charge on any atom is 0.307 e. The second kappa shape index (κ2) is 6.80. The van der Waals surface area contributed by atoms with Crippen LogP contribution in [0.1, 0.15) is 26.7 Å². The van der Waals surface area contributed by atoms with E-state index in [-0.39, 0.29) is 12.0 Å². The van der Waals surface area contributed by atoms with Crippen LogP contribution in [0.25, 0.3) is 0 Å². The highest BCUT2D eigenvalue weighted by molar-refractivity contribution is 5.70. The van der Waals surface area contributed by atoms with Crippen molar-refractivity contribution < 1.29 is 14.3 Å². The predicted molar refractivity (Wildman–Crippen MR) is 57.6 cm³/mol. The molecule has 1 heterocycles. The van der Waals surface area contributed by atoms with Crippen molar-refractivity contribution in [1.82, 2.24) is 5.32 Å². The number of carbonyl (C=O) groups is 1. The molecule has 1 saturated heterocycles. The zero-order valence-electron chi connectivity index (χ0n) is 9.62. The third-order valence-corrected chi connectivity index (χ3v) is 2.69. The summed E-state index contributed by atoms with van der Waals surface area (Å²) in [5, 5.41) is 3.33. The van der Waals surface area contributed by atoms with E-state index in [1.807, 2.05) is 13.8 Å². The molecule has 4 heteroatoms. The molecule has 88 valence electrons. The first kappa shape index (κ1) is 12.5. The Bertz CT molecular complexity index is 190. The summed E-state index contributed by atoms with van der Waals surface area (Å²) in [6.45, 7) is 6.79. The van der Waals surface area contributed by atoms with Crippen molar-refractivity contribution in [2.75, 3.05) is 26.4 Å². The highest BCUT2D eigenvalue weighted by Gasteiger charge is 2.27. The van der Waals surface area contributed by atoms with E-state index in [1.54, 1.807) is 0 Å². The summed E-state index contributed by atoms with van der Waals surface area (Å²) in [6, 6.07) is 0.205. The zero-order chi connectivity index (χ0) is 11.1. The van der Waals surface area contributed by atoms with Crippen LogP contribution in [0.3, 0.4) is 0 Å². The fourth-order valence-corrected chi connectivity index (χ4v) is 1.94. The molecule has 1 N–H and O–H groups in total. The van der Waals surface area contributed by atoms with Gasteiger partial charge in [-0.2, -0.15) is 0 Å². The molecule has 0 aromatic rings. The van der Waals surface area contributed by atoms with Gasteiger partial charge in [0.25, 0.3) is 0 Å². The Morgan fingerprint density at radius 3 is 2.93 bits per heavy atom. The normalized spacial score (nSPS) is 22.7. The summed E-state index contributed by atoms with van der Waals surface area (Å²) in [7, 11) is 0. The van der Waals surface area contributed by atoms with E-state index < -0.39 is 0 Å². The summed E-state index contributed by atoms with van der Waals surface area (Å²) in [5.74, 6) is 0.338. The van der Waals surface area contributed by atoms with Crippen LogP contribution < -0.4 is 5.32 Å². The molecule has 0 bridgehead atoms. The Morgan fingerprint density at radius 1 is 1.60 bits per heavy atom. The SMILES string of the molecule is CCNC(CC(=O)OCC)C1CCOC1. The van der Waals surface area contributed by atoms with Gasteiger partial charge in [0, 0.05) is 18.6 Å². The Hall–Kier alpha value is -0.610. The Kier molecular flexibility index (Phi) is 5.65. The van der Waals surface area contributed by atoms with Crippen molar-refractivity contribution in [2.45, 2.75) is 32.7 Å². The van der Waals surface area contributed by atoms with E-state index >= 15 is 0 Å². The van der Waals surface area contributed by atoms with E-state index in [0.29, 0.717) is 18.9 Å². The molecule has 15 heavy (non-hydrogen) atoms. The molecule has 0 radical (unpaired) electrons. The average molecular weight is 215 g/mol. The van der Waals surface area contributed by atoms with Gasteiger partial charge in [0.05, 0.1) is 19.6 Å². The molecule has 1 aliphatic heterocycles. The minimum absolute atomic E-state index is 0.115. The molecule has 1 rings (SSSR count). The molecule has 0 saturated carbocycles. The third kappa shape index (κ3) is 4.18. The Balaban J connectivity index is 2.38. The topological polar surface area (TPSA) is 47.6 Å². The zero-order valence-corrected chi connectivity index (χ0v) is 9.62. The Morgan fingerprint density at radius 2 is 2.40 bits per heavy atom. The predicted octanol–water partition coefficient (Wildman–Crippen LogP) is 0.954. The lowest BCUT2D eigenvalue weighted by atomic mass is 9.96. The van der Waals surface area contributed by atoms with Crippen molar-refractivity contribution in [1.29, 1.82) is 0 Å². The highest BCUT2D eigenvalue weighted by Crippen LogP contribution is 2.19. The van der Waals surface area contributed by atoms with Crippen LogP contribution in [0, 0.1) is 5.92 Å². The van der Waals surface area contributed by atoms with E-state index in [2.05, 4.69) is 5.32 Å². The smallest absolute Gasteiger partial charge is 0.307 e. The fraction of sp³-hybridized carbons (Fsp3) is 0.909. The fourth-order valence-electron chi connectivity index (χ4n) is 1.94. The molecule has 0 aromatic carbocycles. The van der Waals surface area contributed by atoms with Gasteiger partial charge in [-0.25, -0.2) is 0 Å². The second-order valence-electron chi connectivity index (χ2n) is 3.80. The van der Waals surface area contributed by atoms with Crippen LogP contribution >= 0.6 is 0 Å². The molecule has 1 fully saturated rings. The maximum absolute atomic E-state index is 11.4. The van der Waals surface area contributed by atoms with Crippen LogP contribution in [0.15, 0.2) is 0 Å². The monoisotopic (exact) mass is 215 g/mol. The number of hydrogen-bond donors (Lipinski definition) is 1. The first-order valence-electron chi connectivity index (χ1n) is 5.74. The molecule has 0 spiro atoms. The summed E-state index contributed by atoms with van der Waals surface area (Å²) in [5.41, 5.74) is 0. The van der Waals surface area contributed by atoms with E-state index in [1.165, 1.54) is 0 Å². The van der Waals surface area contributed by atoms with Gasteiger partial charge in [0.2, 0.25) is 0 Å². The minimum Gasteiger partial charge on any atom is -0.466 e. The van der Waals surface area contributed by atoms with Crippen LogP contribution in [0.5, 0.6) is 0 Å². The number of ether oxygens (including phenoxy) is 2. The van der Waals surface area contributed by atoms with Crippen LogP contribution in [-0.2, 0) is 14.3 Å². The van der Waals surface area contributed by atoms with E-state index in [4.69, 9.17) is 9.47 Å². The quantitative estimate of drug-likeness (QED) is 0.670. The first-order valence-corrected chi connectivity index (χ1v) is 5.74. The molecular weight excluding hydrogens is 194 g/mol. The molecule has 0 aromatic heterocycles. The second-order valence-corrected chi connectivity index (χ2v) is 3.80. The van der Waals surface area contributed by atoms with E-state index in [0.717, 1.165) is 26.2 Å². The molecule has 1 aliphatic rings. The minimum atomic E-state index is -0.115. The van der Waals surface area contributed by atoms with Gasteiger partial charge in [-0.1, -0.05) is 6.92 Å². The summed E-state index contributed by atoms with van der Waals surface area (Å²) < 4.78 is 10.3. The number of carbonyl (C=O) groups excluding carboxylic acids is 1. The van der Waals surface area contributed by atoms with Crippen molar-refractivity contribution in [3.05, 3.63) is 0 Å². The standard InChI is InChI=1S/C11H21NO3/c1-3-12-10(7-11(13)15-4-2)9-5-6-14-8-9/h9-10,12H,3-8H2,1-2H3. The molecule has 4 nitrogen and oxygen atoms in total. The number of nitrogens with one attached hydrogen (secondary N) is 1. The summed E-state index contributed by atoms with van der Waals surface area (Å²) in [4.78, 5) is 11.4. The lowest BCUT2D eigenvalue weighted by Gasteiger charge is -2.22. The van der Waals surface area contributed by atoms with Crippen molar-refractivity contribution >= 4 is 5.97 Å². The first-order chi connectivity index (χ1) is 7.27. The molecule has 0 amide bonds. The number of rotatable bonds is 6. The van der Waals surface area contributed by atoms with Crippen LogP contribution in [0.4, 0.5) is 0 Å². The van der Waals surface area contributed by atoms with Gasteiger partial charge in [-0.3, -0.25) is 4.79 Å². The molecule has 2 unspecified atom stereocenters.